The summed E-state index contributed by atoms with van der Waals surface area (Å²) >= 11 is 0. The second-order valence-electron chi connectivity index (χ2n) is 10.0. The number of carboxylic acids is 1. The Morgan fingerprint density at radius 2 is 1.72 bits per heavy atom. The fraction of sp³-hybridized carbons (Fsp3) is 0.667. The normalized spacial score (nSPS) is 31.1. The van der Waals surface area contributed by atoms with E-state index in [1.807, 2.05) is 12.1 Å². The van der Waals surface area contributed by atoms with Gasteiger partial charge in [0.05, 0.1) is 5.56 Å². The number of hydrogen-bond acceptors (Lipinski definition) is 3. The average Bonchev–Trinajstić information content (AvgIpc) is 2.69. The van der Waals surface area contributed by atoms with Crippen LogP contribution >= 0.6 is 0 Å². The average molecular weight is 399 g/mol. The Hall–Kier alpha value is -2.04. The molecule has 0 unspecified atom stereocenters. The van der Waals surface area contributed by atoms with Gasteiger partial charge in [-0.15, -0.1) is 0 Å². The van der Waals surface area contributed by atoms with Crippen molar-refractivity contribution in [2.45, 2.75) is 65.5 Å². The van der Waals surface area contributed by atoms with Crippen molar-refractivity contribution in [2.75, 3.05) is 18.0 Å². The van der Waals surface area contributed by atoms with Crippen LogP contribution in [0, 0.1) is 23.2 Å². The molecular weight excluding hydrogens is 364 g/mol. The van der Waals surface area contributed by atoms with E-state index < -0.39 is 5.97 Å². The van der Waals surface area contributed by atoms with Gasteiger partial charge in [0.1, 0.15) is 0 Å². The standard InChI is InChI=1S/C24H34N2O3/c1-15-21-13-18(24(21,3)4)14-22(15)26(16(2)27)20-9-11-25(12-10-20)19-7-5-17(6-8-19)23(28)29/h5-8,15,18,20-22H,9-14H2,1-4H3,(H,28,29)/t15-,18-,21-,22+/m1/s1. The minimum absolute atomic E-state index is 0.227. The lowest BCUT2D eigenvalue weighted by atomic mass is 9.44. The van der Waals surface area contributed by atoms with Crippen LogP contribution in [0.1, 0.15) is 63.7 Å². The van der Waals surface area contributed by atoms with Crippen LogP contribution in [-0.2, 0) is 4.79 Å². The van der Waals surface area contributed by atoms with Crippen molar-refractivity contribution < 1.29 is 14.7 Å². The Bertz CT molecular complexity index is 780. The van der Waals surface area contributed by atoms with Gasteiger partial charge in [0.15, 0.2) is 0 Å². The van der Waals surface area contributed by atoms with Crippen molar-refractivity contribution in [2.24, 2.45) is 23.2 Å². The summed E-state index contributed by atoms with van der Waals surface area (Å²) in [4.78, 5) is 28.3. The van der Waals surface area contributed by atoms with Crippen LogP contribution in [0.3, 0.4) is 0 Å². The van der Waals surface area contributed by atoms with Crippen LogP contribution < -0.4 is 4.90 Å². The SMILES string of the molecule is CC(=O)N(C1CCN(c2ccc(C(=O)O)cc2)CC1)[C@H]1C[C@H]2C[C@H]([C@H]1C)C2(C)C. The zero-order chi connectivity index (χ0) is 20.9. The molecule has 1 aliphatic heterocycles. The highest BCUT2D eigenvalue weighted by molar-refractivity contribution is 5.88. The highest BCUT2D eigenvalue weighted by atomic mass is 16.4. The number of benzene rings is 1. The minimum Gasteiger partial charge on any atom is -0.478 e. The van der Waals surface area contributed by atoms with Crippen molar-refractivity contribution in [1.82, 2.24) is 4.90 Å². The molecule has 1 heterocycles. The quantitative estimate of drug-likeness (QED) is 0.823. The molecule has 3 aliphatic carbocycles. The molecule has 5 rings (SSSR count). The number of rotatable bonds is 4. The van der Waals surface area contributed by atoms with E-state index in [-0.39, 0.29) is 5.91 Å². The van der Waals surface area contributed by atoms with Crippen molar-refractivity contribution in [3.05, 3.63) is 29.8 Å². The van der Waals surface area contributed by atoms with E-state index in [0.717, 1.165) is 49.9 Å². The molecular formula is C24H34N2O3. The molecule has 1 aromatic carbocycles. The summed E-state index contributed by atoms with van der Waals surface area (Å²) < 4.78 is 0. The van der Waals surface area contributed by atoms with Gasteiger partial charge >= 0.3 is 5.97 Å². The van der Waals surface area contributed by atoms with Gasteiger partial charge in [-0.25, -0.2) is 4.79 Å². The summed E-state index contributed by atoms with van der Waals surface area (Å²) in [5.41, 5.74) is 1.82. The first-order valence-corrected chi connectivity index (χ1v) is 11.1. The van der Waals surface area contributed by atoms with Crippen LogP contribution in [0.4, 0.5) is 5.69 Å². The van der Waals surface area contributed by atoms with E-state index in [4.69, 9.17) is 5.11 Å². The first kappa shape index (κ1) is 20.2. The van der Waals surface area contributed by atoms with Crippen LogP contribution in [-0.4, -0.2) is 47.1 Å². The number of carbonyl (C=O) groups excluding carboxylic acids is 1. The summed E-state index contributed by atoms with van der Waals surface area (Å²) in [6.45, 7) is 10.7. The van der Waals surface area contributed by atoms with Crippen LogP contribution in [0.5, 0.6) is 0 Å². The van der Waals surface area contributed by atoms with Gasteiger partial charge in [-0.3, -0.25) is 4.79 Å². The molecule has 4 fully saturated rings. The first-order valence-electron chi connectivity index (χ1n) is 11.1. The number of anilines is 1. The number of carbonyl (C=O) groups is 2. The third-order valence-electron chi connectivity index (χ3n) is 8.37. The van der Waals surface area contributed by atoms with Gasteiger partial charge in [0.2, 0.25) is 5.91 Å². The van der Waals surface area contributed by atoms with Crippen molar-refractivity contribution >= 4 is 17.6 Å². The molecule has 0 radical (unpaired) electrons. The van der Waals surface area contributed by atoms with E-state index in [1.54, 1.807) is 19.1 Å². The molecule has 29 heavy (non-hydrogen) atoms. The summed E-state index contributed by atoms with van der Waals surface area (Å²) in [6, 6.07) is 7.83. The predicted octanol–water partition coefficient (Wildman–Crippen LogP) is 4.27. The second kappa shape index (κ2) is 7.33. The summed E-state index contributed by atoms with van der Waals surface area (Å²) in [5.74, 6) is 1.39. The zero-order valence-electron chi connectivity index (χ0n) is 18.1. The molecule has 0 spiro atoms. The molecule has 158 valence electrons. The van der Waals surface area contributed by atoms with Crippen LogP contribution in [0.2, 0.25) is 0 Å². The number of piperidine rings is 1. The molecule has 1 N–H and O–H groups in total. The Kier molecular flexibility index (Phi) is 5.12. The Labute approximate surface area is 174 Å². The van der Waals surface area contributed by atoms with Crippen LogP contribution in [0.15, 0.2) is 24.3 Å². The first-order chi connectivity index (χ1) is 13.7. The van der Waals surface area contributed by atoms with Gasteiger partial charge in [0.25, 0.3) is 0 Å². The topological polar surface area (TPSA) is 60.9 Å². The number of nitrogens with zero attached hydrogens (tertiary/aromatic N) is 2. The van der Waals surface area contributed by atoms with Crippen molar-refractivity contribution in [3.8, 4) is 0 Å². The van der Waals surface area contributed by atoms with Crippen molar-refractivity contribution in [1.29, 1.82) is 0 Å². The van der Waals surface area contributed by atoms with Crippen molar-refractivity contribution in [3.63, 3.8) is 0 Å². The zero-order valence-corrected chi connectivity index (χ0v) is 18.1. The Morgan fingerprint density at radius 3 is 2.21 bits per heavy atom. The van der Waals surface area contributed by atoms with Gasteiger partial charge in [-0.2, -0.15) is 0 Å². The molecule has 1 aromatic rings. The summed E-state index contributed by atoms with van der Waals surface area (Å²) in [5, 5.41) is 9.08. The number of aromatic carboxylic acids is 1. The fourth-order valence-electron chi connectivity index (χ4n) is 6.47. The monoisotopic (exact) mass is 398 g/mol. The van der Waals surface area contributed by atoms with Gasteiger partial charge < -0.3 is 14.9 Å². The molecule has 4 atom stereocenters. The van der Waals surface area contributed by atoms with Crippen LogP contribution in [0.25, 0.3) is 0 Å². The predicted molar refractivity (Wildman–Crippen MR) is 114 cm³/mol. The Balaban J connectivity index is 1.42. The highest BCUT2D eigenvalue weighted by Gasteiger charge is 2.58. The maximum atomic E-state index is 12.7. The lowest BCUT2D eigenvalue weighted by Crippen LogP contribution is -2.63. The summed E-state index contributed by atoms with van der Waals surface area (Å²) in [7, 11) is 0. The van der Waals surface area contributed by atoms with E-state index in [1.165, 1.54) is 6.42 Å². The Morgan fingerprint density at radius 1 is 1.10 bits per heavy atom. The molecule has 0 aromatic heterocycles. The maximum Gasteiger partial charge on any atom is 0.335 e. The molecule has 1 saturated heterocycles. The number of fused-ring (bicyclic) bond motifs is 2. The third-order valence-corrected chi connectivity index (χ3v) is 8.37. The molecule has 1 amide bonds. The molecule has 3 saturated carbocycles. The van der Waals surface area contributed by atoms with Gasteiger partial charge in [0, 0.05) is 37.8 Å². The number of carboxylic acid groups (broad SMARTS) is 1. The van der Waals surface area contributed by atoms with Gasteiger partial charge in [-0.1, -0.05) is 20.8 Å². The van der Waals surface area contributed by atoms with Gasteiger partial charge in [-0.05, 0) is 73.1 Å². The molecule has 4 aliphatic rings. The van der Waals surface area contributed by atoms with E-state index in [9.17, 15) is 9.59 Å². The lowest BCUT2D eigenvalue weighted by molar-refractivity contribution is -0.162. The fourth-order valence-corrected chi connectivity index (χ4v) is 6.47. The number of hydrogen-bond donors (Lipinski definition) is 1. The molecule has 5 heteroatoms. The second-order valence-corrected chi connectivity index (χ2v) is 10.0. The number of amides is 1. The minimum atomic E-state index is -0.893. The highest BCUT2D eigenvalue weighted by Crippen LogP contribution is 2.62. The smallest absolute Gasteiger partial charge is 0.335 e. The largest absolute Gasteiger partial charge is 0.478 e. The van der Waals surface area contributed by atoms with E-state index in [0.29, 0.717) is 29.0 Å². The van der Waals surface area contributed by atoms with E-state index >= 15 is 0 Å². The molecule has 2 bridgehead atoms. The lowest BCUT2D eigenvalue weighted by Gasteiger charge is -2.64. The third kappa shape index (κ3) is 3.43. The van der Waals surface area contributed by atoms with E-state index in [2.05, 4.69) is 30.6 Å². The molecule has 5 nitrogen and oxygen atoms in total. The summed E-state index contributed by atoms with van der Waals surface area (Å²) in [6.07, 6.45) is 4.44. The maximum absolute atomic E-state index is 12.7.